The van der Waals surface area contributed by atoms with Crippen molar-refractivity contribution in [3.8, 4) is 0 Å². The van der Waals surface area contributed by atoms with Gasteiger partial charge in [-0.25, -0.2) is 0 Å². The molecular weight excluding hydrogens is 186 g/mol. The summed E-state index contributed by atoms with van der Waals surface area (Å²) in [6, 6.07) is 0. The Bertz CT molecular complexity index is 342. The third-order valence-electron chi connectivity index (χ3n) is 3.71. The summed E-state index contributed by atoms with van der Waals surface area (Å²) >= 11 is 0. The molecule has 0 aliphatic heterocycles. The first-order valence-corrected chi connectivity index (χ1v) is 5.78. The molecule has 1 aromatic rings. The zero-order valence-electron chi connectivity index (χ0n) is 8.82. The van der Waals surface area contributed by atoms with Crippen LogP contribution in [0.25, 0.3) is 0 Å². The van der Waals surface area contributed by atoms with Crippen LogP contribution in [0.5, 0.6) is 0 Å². The maximum Gasteiger partial charge on any atom is 0.0532 e. The summed E-state index contributed by atoms with van der Waals surface area (Å²) in [5, 5.41) is 10.3. The summed E-state index contributed by atoms with van der Waals surface area (Å²) in [5.41, 5.74) is 1.24. The Labute approximate surface area is 90.0 Å². The highest BCUT2D eigenvalue weighted by atomic mass is 15.1. The molecule has 1 saturated carbocycles. The quantitative estimate of drug-likeness (QED) is 0.731. The third-order valence-corrected chi connectivity index (χ3v) is 3.71. The fourth-order valence-corrected chi connectivity index (χ4v) is 2.91. The Morgan fingerprint density at radius 1 is 1.40 bits per heavy atom. The SMILES string of the molecule is C1=CC2CC1CC2CNCc1cn[nH]c1. The van der Waals surface area contributed by atoms with Gasteiger partial charge in [-0.3, -0.25) is 5.10 Å². The summed E-state index contributed by atoms with van der Waals surface area (Å²) in [4.78, 5) is 0. The van der Waals surface area contributed by atoms with Crippen LogP contribution in [0.2, 0.25) is 0 Å². The van der Waals surface area contributed by atoms with Crippen LogP contribution in [-0.4, -0.2) is 16.7 Å². The van der Waals surface area contributed by atoms with E-state index in [1.807, 2.05) is 12.4 Å². The number of H-pyrrole nitrogens is 1. The highest BCUT2D eigenvalue weighted by Crippen LogP contribution is 2.42. The van der Waals surface area contributed by atoms with Gasteiger partial charge in [-0.15, -0.1) is 0 Å². The van der Waals surface area contributed by atoms with Crippen LogP contribution >= 0.6 is 0 Å². The van der Waals surface area contributed by atoms with E-state index in [4.69, 9.17) is 0 Å². The van der Waals surface area contributed by atoms with Gasteiger partial charge in [0.15, 0.2) is 0 Å². The highest BCUT2D eigenvalue weighted by Gasteiger charge is 2.34. The number of nitrogens with one attached hydrogen (secondary N) is 2. The number of aromatic amines is 1. The molecule has 3 nitrogen and oxygen atoms in total. The Morgan fingerprint density at radius 3 is 3.07 bits per heavy atom. The minimum atomic E-state index is 0.854. The van der Waals surface area contributed by atoms with Crippen molar-refractivity contribution < 1.29 is 0 Å². The van der Waals surface area contributed by atoms with Gasteiger partial charge in [0.1, 0.15) is 0 Å². The second-order valence-corrected chi connectivity index (χ2v) is 4.78. The van der Waals surface area contributed by atoms with Gasteiger partial charge in [-0.05, 0) is 37.1 Å². The van der Waals surface area contributed by atoms with E-state index in [-0.39, 0.29) is 0 Å². The monoisotopic (exact) mass is 203 g/mol. The molecule has 1 heterocycles. The number of aromatic nitrogens is 2. The van der Waals surface area contributed by atoms with Crippen molar-refractivity contribution in [3.63, 3.8) is 0 Å². The minimum Gasteiger partial charge on any atom is -0.312 e. The van der Waals surface area contributed by atoms with Crippen molar-refractivity contribution in [2.75, 3.05) is 6.54 Å². The highest BCUT2D eigenvalue weighted by molar-refractivity contribution is 5.10. The fourth-order valence-electron chi connectivity index (χ4n) is 2.91. The molecule has 3 rings (SSSR count). The van der Waals surface area contributed by atoms with Crippen LogP contribution in [-0.2, 0) is 6.54 Å². The fraction of sp³-hybridized carbons (Fsp3) is 0.583. The van der Waals surface area contributed by atoms with Gasteiger partial charge in [-0.2, -0.15) is 5.10 Å². The van der Waals surface area contributed by atoms with Crippen molar-refractivity contribution in [2.24, 2.45) is 17.8 Å². The molecule has 3 heteroatoms. The molecule has 0 aromatic carbocycles. The number of hydrogen-bond acceptors (Lipinski definition) is 2. The van der Waals surface area contributed by atoms with E-state index in [1.165, 1.54) is 18.4 Å². The molecule has 2 bridgehead atoms. The van der Waals surface area contributed by atoms with Gasteiger partial charge in [0, 0.05) is 18.3 Å². The van der Waals surface area contributed by atoms with Crippen molar-refractivity contribution in [1.82, 2.24) is 15.5 Å². The number of fused-ring (bicyclic) bond motifs is 2. The zero-order chi connectivity index (χ0) is 10.1. The molecular formula is C12H17N3. The number of rotatable bonds is 4. The average molecular weight is 203 g/mol. The summed E-state index contributed by atoms with van der Waals surface area (Å²) in [6.07, 6.45) is 11.4. The first-order valence-electron chi connectivity index (χ1n) is 5.78. The van der Waals surface area contributed by atoms with Crippen LogP contribution in [0.3, 0.4) is 0 Å². The van der Waals surface area contributed by atoms with Crippen LogP contribution in [0.15, 0.2) is 24.5 Å². The van der Waals surface area contributed by atoms with Gasteiger partial charge in [-0.1, -0.05) is 12.2 Å². The van der Waals surface area contributed by atoms with Crippen LogP contribution < -0.4 is 5.32 Å². The lowest BCUT2D eigenvalue weighted by Crippen LogP contribution is -2.24. The van der Waals surface area contributed by atoms with E-state index in [9.17, 15) is 0 Å². The Kier molecular flexibility index (Phi) is 2.33. The average Bonchev–Trinajstić information content (AvgIpc) is 2.93. The first kappa shape index (κ1) is 9.16. The van der Waals surface area contributed by atoms with Crippen LogP contribution in [0.1, 0.15) is 18.4 Å². The number of allylic oxidation sites excluding steroid dienone is 2. The second kappa shape index (κ2) is 3.81. The lowest BCUT2D eigenvalue weighted by atomic mass is 9.93. The van der Waals surface area contributed by atoms with Crippen molar-refractivity contribution in [3.05, 3.63) is 30.1 Å². The summed E-state index contributed by atoms with van der Waals surface area (Å²) < 4.78 is 0. The van der Waals surface area contributed by atoms with Gasteiger partial charge < -0.3 is 5.32 Å². The summed E-state index contributed by atoms with van der Waals surface area (Å²) in [6.45, 7) is 2.09. The molecule has 2 aliphatic rings. The van der Waals surface area contributed by atoms with Gasteiger partial charge >= 0.3 is 0 Å². The van der Waals surface area contributed by atoms with E-state index in [0.717, 1.165) is 30.8 Å². The zero-order valence-corrected chi connectivity index (χ0v) is 8.82. The smallest absolute Gasteiger partial charge is 0.0532 e. The molecule has 80 valence electrons. The normalized spacial score (nSPS) is 32.7. The molecule has 2 N–H and O–H groups in total. The van der Waals surface area contributed by atoms with Gasteiger partial charge in [0.2, 0.25) is 0 Å². The van der Waals surface area contributed by atoms with Gasteiger partial charge in [0.05, 0.1) is 6.20 Å². The predicted octanol–water partition coefficient (Wildman–Crippen LogP) is 1.71. The predicted molar refractivity (Wildman–Crippen MR) is 59.1 cm³/mol. The maximum atomic E-state index is 3.93. The standard InChI is InChI=1S/C12H17N3/c1-2-11-3-9(1)4-12(11)8-13-5-10-6-14-15-7-10/h1-2,6-7,9,11-13H,3-5,8H2,(H,14,15). The van der Waals surface area contributed by atoms with E-state index in [1.54, 1.807) is 0 Å². The maximum absolute atomic E-state index is 3.93. The lowest BCUT2D eigenvalue weighted by molar-refractivity contribution is 0.414. The molecule has 0 saturated heterocycles. The molecule has 3 unspecified atom stereocenters. The Morgan fingerprint density at radius 2 is 2.40 bits per heavy atom. The van der Waals surface area contributed by atoms with E-state index in [0.29, 0.717) is 0 Å². The number of hydrogen-bond donors (Lipinski definition) is 2. The molecule has 1 aromatic heterocycles. The molecule has 0 radical (unpaired) electrons. The van der Waals surface area contributed by atoms with Crippen LogP contribution in [0, 0.1) is 17.8 Å². The molecule has 0 amide bonds. The molecule has 3 atom stereocenters. The summed E-state index contributed by atoms with van der Waals surface area (Å²) in [7, 11) is 0. The first-order chi connectivity index (χ1) is 7.42. The molecule has 0 spiro atoms. The Balaban J connectivity index is 1.45. The van der Waals surface area contributed by atoms with Crippen LogP contribution in [0.4, 0.5) is 0 Å². The minimum absolute atomic E-state index is 0.854. The van der Waals surface area contributed by atoms with E-state index < -0.39 is 0 Å². The second-order valence-electron chi connectivity index (χ2n) is 4.78. The van der Waals surface area contributed by atoms with E-state index in [2.05, 4.69) is 27.7 Å². The van der Waals surface area contributed by atoms with Crippen molar-refractivity contribution in [1.29, 1.82) is 0 Å². The van der Waals surface area contributed by atoms with Crippen molar-refractivity contribution in [2.45, 2.75) is 19.4 Å². The Hall–Kier alpha value is -1.09. The summed E-state index contributed by atoms with van der Waals surface area (Å²) in [5.74, 6) is 2.61. The van der Waals surface area contributed by atoms with E-state index >= 15 is 0 Å². The lowest BCUT2D eigenvalue weighted by Gasteiger charge is -2.18. The molecule has 1 fully saturated rings. The molecule has 2 aliphatic carbocycles. The number of nitrogens with zero attached hydrogens (tertiary/aromatic N) is 1. The van der Waals surface area contributed by atoms with Crippen molar-refractivity contribution >= 4 is 0 Å². The largest absolute Gasteiger partial charge is 0.312 e. The van der Waals surface area contributed by atoms with Gasteiger partial charge in [0.25, 0.3) is 0 Å². The topological polar surface area (TPSA) is 40.7 Å². The third kappa shape index (κ3) is 1.84. The molecule has 15 heavy (non-hydrogen) atoms.